The lowest BCUT2D eigenvalue weighted by atomic mass is 9.68. The maximum absolute atomic E-state index is 13.7. The van der Waals surface area contributed by atoms with Gasteiger partial charge in [-0.1, -0.05) is 0 Å². The summed E-state index contributed by atoms with van der Waals surface area (Å²) in [5, 5.41) is 14.4. The van der Waals surface area contributed by atoms with E-state index < -0.39 is 11.5 Å². The van der Waals surface area contributed by atoms with Gasteiger partial charge in [-0.25, -0.2) is 4.79 Å². The van der Waals surface area contributed by atoms with Gasteiger partial charge in [0.1, 0.15) is 11.5 Å². The normalized spacial score (nSPS) is 17.5. The molecule has 200 valence electrons. The molecule has 39 heavy (non-hydrogen) atoms. The summed E-state index contributed by atoms with van der Waals surface area (Å²) in [6.45, 7) is 0.927. The van der Waals surface area contributed by atoms with Crippen LogP contribution in [0.5, 0.6) is 11.5 Å². The summed E-state index contributed by atoms with van der Waals surface area (Å²) in [5.41, 5.74) is 3.26. The predicted molar refractivity (Wildman–Crippen MR) is 145 cm³/mol. The number of aliphatic hydroxyl groups is 1. The summed E-state index contributed by atoms with van der Waals surface area (Å²) in [7, 11) is 3.21. The minimum absolute atomic E-state index is 0.218. The number of amides is 3. The number of benzene rings is 2. The number of hydrogen-bond donors (Lipinski definition) is 3. The Morgan fingerprint density at radius 1 is 1.08 bits per heavy atom. The van der Waals surface area contributed by atoms with Crippen LogP contribution in [0, 0.1) is 0 Å². The number of aromatic amines is 1. The van der Waals surface area contributed by atoms with Crippen molar-refractivity contribution < 1.29 is 24.2 Å². The Hall–Kier alpha value is -4.57. The highest BCUT2D eigenvalue weighted by atomic mass is 16.5. The van der Waals surface area contributed by atoms with E-state index in [1.165, 1.54) is 6.20 Å². The quantitative estimate of drug-likeness (QED) is 0.365. The van der Waals surface area contributed by atoms with Crippen molar-refractivity contribution in [2.75, 3.05) is 45.8 Å². The average Bonchev–Trinajstić information content (AvgIpc) is 3.34. The Morgan fingerprint density at radius 3 is 2.49 bits per heavy atom. The van der Waals surface area contributed by atoms with E-state index in [2.05, 4.69) is 15.3 Å². The number of aliphatic hydroxyl groups excluding tert-OH is 1. The fourth-order valence-electron chi connectivity index (χ4n) is 5.84. The molecule has 0 aliphatic carbocycles. The maximum Gasteiger partial charge on any atom is 0.321 e. The van der Waals surface area contributed by atoms with Crippen molar-refractivity contribution in [3.63, 3.8) is 0 Å². The molecule has 10 heteroatoms. The maximum atomic E-state index is 13.7. The number of aromatic nitrogens is 2. The summed E-state index contributed by atoms with van der Waals surface area (Å²) in [6, 6.07) is 15.6. The molecule has 1 atom stereocenters. The van der Waals surface area contributed by atoms with Gasteiger partial charge in [0.25, 0.3) is 5.91 Å². The van der Waals surface area contributed by atoms with Crippen LogP contribution in [0.15, 0.2) is 67.0 Å². The smallest absolute Gasteiger partial charge is 0.321 e. The summed E-state index contributed by atoms with van der Waals surface area (Å²) in [5.74, 6) is 1.19. The van der Waals surface area contributed by atoms with Crippen LogP contribution < -0.4 is 14.8 Å². The topological polar surface area (TPSA) is 120 Å². The number of nitrogens with zero attached hydrogens (tertiary/aromatic N) is 3. The van der Waals surface area contributed by atoms with Gasteiger partial charge in [0.05, 0.1) is 37.8 Å². The van der Waals surface area contributed by atoms with Crippen LogP contribution in [0.3, 0.4) is 0 Å². The Kier molecular flexibility index (Phi) is 6.11. The molecule has 0 radical (unpaired) electrons. The number of urea groups is 1. The van der Waals surface area contributed by atoms with Crippen LogP contribution in [0.2, 0.25) is 0 Å². The van der Waals surface area contributed by atoms with Crippen LogP contribution in [0.4, 0.5) is 10.5 Å². The van der Waals surface area contributed by atoms with Crippen molar-refractivity contribution in [1.29, 1.82) is 0 Å². The molecule has 0 saturated carbocycles. The number of fused-ring (bicyclic) bond motifs is 4. The number of carbonyl (C=O) groups is 2. The van der Waals surface area contributed by atoms with Gasteiger partial charge < -0.3 is 34.7 Å². The number of anilines is 1. The molecule has 0 bridgehead atoms. The van der Waals surface area contributed by atoms with Gasteiger partial charge in [0.2, 0.25) is 0 Å². The van der Waals surface area contributed by atoms with Crippen molar-refractivity contribution in [2.45, 2.75) is 11.5 Å². The molecule has 4 aromatic rings. The molecule has 3 amide bonds. The van der Waals surface area contributed by atoms with Gasteiger partial charge in [-0.05, 0) is 54.1 Å². The number of rotatable bonds is 5. The zero-order valence-corrected chi connectivity index (χ0v) is 21.7. The third-order valence-corrected chi connectivity index (χ3v) is 7.71. The van der Waals surface area contributed by atoms with Crippen molar-refractivity contribution in [2.24, 2.45) is 0 Å². The molecule has 10 nitrogen and oxygen atoms in total. The monoisotopic (exact) mass is 527 g/mol. The highest BCUT2D eigenvalue weighted by Crippen LogP contribution is 2.49. The molecule has 1 saturated heterocycles. The molecule has 2 aliphatic heterocycles. The molecule has 0 unspecified atom stereocenters. The lowest BCUT2D eigenvalue weighted by Crippen LogP contribution is -2.68. The van der Waals surface area contributed by atoms with Gasteiger partial charge in [0, 0.05) is 60.4 Å². The van der Waals surface area contributed by atoms with Crippen molar-refractivity contribution in [1.82, 2.24) is 19.8 Å². The fourth-order valence-corrected chi connectivity index (χ4v) is 5.84. The first kappa shape index (κ1) is 24.7. The Balaban J connectivity index is 1.36. The Labute approximate surface area is 225 Å². The first-order valence-corrected chi connectivity index (χ1v) is 12.7. The number of methoxy groups -OCH3 is 2. The SMILES string of the molecule is COc1ccc(NC(=O)N2CC3(C2)CN(C(=O)c2cccnc2)[C@H](CO)c2[nH]c4cc(OC)ccc4c23)cc1. The molecule has 4 heterocycles. The van der Waals surface area contributed by atoms with Gasteiger partial charge in [-0.3, -0.25) is 9.78 Å². The van der Waals surface area contributed by atoms with E-state index in [4.69, 9.17) is 9.47 Å². The van der Waals surface area contributed by atoms with Crippen molar-refractivity contribution in [3.8, 4) is 11.5 Å². The van der Waals surface area contributed by atoms with E-state index in [1.54, 1.807) is 66.6 Å². The number of ether oxygens (including phenoxy) is 2. The number of carbonyl (C=O) groups excluding carboxylic acids is 2. The van der Waals surface area contributed by atoms with Crippen LogP contribution >= 0.6 is 0 Å². The average molecular weight is 528 g/mol. The number of pyridine rings is 1. The van der Waals surface area contributed by atoms with Gasteiger partial charge in [-0.2, -0.15) is 0 Å². The van der Waals surface area contributed by atoms with Crippen LogP contribution in [0.1, 0.15) is 27.7 Å². The number of nitrogens with one attached hydrogen (secondary N) is 2. The molecule has 2 aromatic carbocycles. The first-order chi connectivity index (χ1) is 19.0. The molecule has 1 spiro atoms. The van der Waals surface area contributed by atoms with E-state index in [0.29, 0.717) is 42.4 Å². The Morgan fingerprint density at radius 2 is 1.82 bits per heavy atom. The van der Waals surface area contributed by atoms with E-state index in [0.717, 1.165) is 22.2 Å². The van der Waals surface area contributed by atoms with Gasteiger partial charge in [-0.15, -0.1) is 0 Å². The standard InChI is InChI=1S/C29H29N5O5/c1-38-20-7-5-19(6-8-20)31-28(37)33-15-29(16-33)17-34(27(36)18-4-3-11-30-13-18)24(14-35)26-25(29)22-10-9-21(39-2)12-23(22)32-26/h3-13,24,32,35H,14-17H2,1-2H3,(H,31,37)/t24-/m1/s1. The molecule has 2 aliphatic rings. The predicted octanol–water partition coefficient (Wildman–Crippen LogP) is 3.56. The van der Waals surface area contributed by atoms with E-state index in [1.807, 2.05) is 18.2 Å². The molecule has 1 fully saturated rings. The third kappa shape index (κ3) is 4.13. The summed E-state index contributed by atoms with van der Waals surface area (Å²) >= 11 is 0. The van der Waals surface area contributed by atoms with E-state index >= 15 is 0 Å². The zero-order chi connectivity index (χ0) is 27.1. The third-order valence-electron chi connectivity index (χ3n) is 7.71. The largest absolute Gasteiger partial charge is 0.497 e. The number of hydrogen-bond acceptors (Lipinski definition) is 6. The van der Waals surface area contributed by atoms with Gasteiger partial charge >= 0.3 is 6.03 Å². The van der Waals surface area contributed by atoms with Crippen LogP contribution in [-0.4, -0.2) is 77.3 Å². The molecule has 3 N–H and O–H groups in total. The second-order valence-corrected chi connectivity index (χ2v) is 9.99. The summed E-state index contributed by atoms with van der Waals surface area (Å²) in [4.78, 5) is 37.8. The second-order valence-electron chi connectivity index (χ2n) is 9.99. The Bertz CT molecular complexity index is 1530. The fraction of sp³-hybridized carbons (Fsp3) is 0.276. The lowest BCUT2D eigenvalue weighted by molar-refractivity contribution is 0.0159. The number of likely N-dealkylation sites (tertiary alicyclic amines) is 1. The highest BCUT2D eigenvalue weighted by Gasteiger charge is 2.55. The van der Waals surface area contributed by atoms with Crippen LogP contribution in [-0.2, 0) is 5.41 Å². The van der Waals surface area contributed by atoms with Crippen molar-refractivity contribution >= 4 is 28.5 Å². The molecular formula is C29H29N5O5. The van der Waals surface area contributed by atoms with Gasteiger partial charge in [0.15, 0.2) is 0 Å². The molecule has 6 rings (SSSR count). The number of H-pyrrole nitrogens is 1. The van der Waals surface area contributed by atoms with E-state index in [9.17, 15) is 14.7 Å². The minimum atomic E-state index is -0.570. The molecule has 2 aromatic heterocycles. The zero-order valence-electron chi connectivity index (χ0n) is 21.7. The minimum Gasteiger partial charge on any atom is -0.497 e. The summed E-state index contributed by atoms with van der Waals surface area (Å²) in [6.07, 6.45) is 3.15. The first-order valence-electron chi connectivity index (χ1n) is 12.7. The second kappa shape index (κ2) is 9.63. The summed E-state index contributed by atoms with van der Waals surface area (Å²) < 4.78 is 10.6. The lowest BCUT2D eigenvalue weighted by Gasteiger charge is -2.55. The highest BCUT2D eigenvalue weighted by molar-refractivity contribution is 5.96. The molecular weight excluding hydrogens is 498 g/mol. The van der Waals surface area contributed by atoms with E-state index in [-0.39, 0.29) is 18.5 Å². The van der Waals surface area contributed by atoms with Crippen molar-refractivity contribution in [3.05, 3.63) is 83.8 Å². The van der Waals surface area contributed by atoms with Crippen LogP contribution in [0.25, 0.3) is 10.9 Å².